The number of imidazole rings is 1. The number of aromatic nitrogens is 2. The molecule has 1 atom stereocenters. The van der Waals surface area contributed by atoms with Crippen molar-refractivity contribution in [2.75, 3.05) is 10.6 Å². The van der Waals surface area contributed by atoms with Crippen LogP contribution in [0, 0.1) is 6.92 Å². The van der Waals surface area contributed by atoms with Crippen LogP contribution >= 0.6 is 0 Å². The maximum absolute atomic E-state index is 13.3. The van der Waals surface area contributed by atoms with E-state index in [9.17, 15) is 19.5 Å². The first-order chi connectivity index (χ1) is 19.8. The van der Waals surface area contributed by atoms with Crippen LogP contribution in [0.15, 0.2) is 66.9 Å². The summed E-state index contributed by atoms with van der Waals surface area (Å²) in [6.45, 7) is 3.43. The number of aryl methyl sites for hydroxylation is 1. The van der Waals surface area contributed by atoms with Crippen molar-refractivity contribution in [3.05, 3.63) is 83.6 Å². The second kappa shape index (κ2) is 12.2. The van der Waals surface area contributed by atoms with Crippen molar-refractivity contribution in [2.45, 2.75) is 64.5 Å². The molecule has 1 aliphatic rings. The molecular formula is C32H35N5O4. The SMILES string of the molecule is CC(=O)Nc1ccc(-c2nc3cc(C(=O)NC(CC(=O)O)c4ccc(C)cc4)ccn3c2NC2CCCCC2)cc1. The standard InChI is InChI=1S/C32H35N5O4/c1-20-8-10-22(11-9-20)27(19-29(39)40)35-32(41)24-16-17-37-28(18-24)36-30(31(37)34-25-6-4-3-5-7-25)23-12-14-26(15-13-23)33-21(2)38/h8-18,25,27,34H,3-7,19H2,1-2H3,(H,33,38)(H,35,41)(H,39,40). The number of amides is 2. The molecule has 2 amide bonds. The van der Waals surface area contributed by atoms with E-state index in [1.807, 2.05) is 66.1 Å². The summed E-state index contributed by atoms with van der Waals surface area (Å²) >= 11 is 0. The average Bonchev–Trinajstić information content (AvgIpc) is 3.31. The van der Waals surface area contributed by atoms with Gasteiger partial charge in [-0.3, -0.25) is 18.8 Å². The fraction of sp³-hybridized carbons (Fsp3) is 0.312. The summed E-state index contributed by atoms with van der Waals surface area (Å²) in [4.78, 5) is 41.3. The van der Waals surface area contributed by atoms with E-state index in [-0.39, 0.29) is 18.2 Å². The van der Waals surface area contributed by atoms with Gasteiger partial charge in [0.2, 0.25) is 5.91 Å². The lowest BCUT2D eigenvalue weighted by Crippen LogP contribution is -2.30. The lowest BCUT2D eigenvalue weighted by Gasteiger charge is -2.24. The Labute approximate surface area is 239 Å². The van der Waals surface area contributed by atoms with Gasteiger partial charge in [0.05, 0.1) is 12.5 Å². The Balaban J connectivity index is 1.47. The number of hydrogen-bond acceptors (Lipinski definition) is 5. The number of carbonyl (C=O) groups excluding carboxylic acids is 2. The summed E-state index contributed by atoms with van der Waals surface area (Å²) in [7, 11) is 0. The summed E-state index contributed by atoms with van der Waals surface area (Å²) in [5, 5.41) is 18.9. The van der Waals surface area contributed by atoms with Gasteiger partial charge in [-0.05, 0) is 49.6 Å². The number of aliphatic carboxylic acids is 1. The summed E-state index contributed by atoms with van der Waals surface area (Å²) in [5.74, 6) is -0.643. The normalized spacial score (nSPS) is 14.4. The molecular weight excluding hydrogens is 518 g/mol. The Morgan fingerprint density at radius 2 is 1.71 bits per heavy atom. The molecule has 9 nitrogen and oxygen atoms in total. The number of fused-ring (bicyclic) bond motifs is 1. The first-order valence-electron chi connectivity index (χ1n) is 14.0. The first-order valence-corrected chi connectivity index (χ1v) is 14.0. The zero-order valence-electron chi connectivity index (χ0n) is 23.3. The van der Waals surface area contributed by atoms with Crippen molar-refractivity contribution >= 4 is 34.9 Å². The van der Waals surface area contributed by atoms with Gasteiger partial charge < -0.3 is 21.1 Å². The van der Waals surface area contributed by atoms with E-state index in [1.165, 1.54) is 26.2 Å². The molecule has 0 saturated heterocycles. The van der Waals surface area contributed by atoms with Crippen LogP contribution in [-0.4, -0.2) is 38.3 Å². The minimum Gasteiger partial charge on any atom is -0.481 e. The van der Waals surface area contributed by atoms with Crippen molar-refractivity contribution in [3.8, 4) is 11.3 Å². The molecule has 2 heterocycles. The molecule has 0 spiro atoms. The van der Waals surface area contributed by atoms with Crippen LogP contribution in [0.5, 0.6) is 0 Å². The molecule has 4 aromatic rings. The maximum Gasteiger partial charge on any atom is 0.305 e. The Bertz CT molecular complexity index is 1550. The van der Waals surface area contributed by atoms with Gasteiger partial charge in [0.15, 0.2) is 0 Å². The van der Waals surface area contributed by atoms with Gasteiger partial charge >= 0.3 is 5.97 Å². The number of carbonyl (C=O) groups is 3. The van der Waals surface area contributed by atoms with Crippen molar-refractivity contribution < 1.29 is 19.5 Å². The molecule has 1 saturated carbocycles. The van der Waals surface area contributed by atoms with E-state index in [0.29, 0.717) is 22.9 Å². The van der Waals surface area contributed by atoms with Crippen LogP contribution < -0.4 is 16.0 Å². The topological polar surface area (TPSA) is 125 Å². The van der Waals surface area contributed by atoms with Crippen LogP contribution in [0.3, 0.4) is 0 Å². The van der Waals surface area contributed by atoms with Crippen molar-refractivity contribution in [3.63, 3.8) is 0 Å². The monoisotopic (exact) mass is 553 g/mol. The van der Waals surface area contributed by atoms with Crippen molar-refractivity contribution in [2.24, 2.45) is 0 Å². The predicted octanol–water partition coefficient (Wildman–Crippen LogP) is 5.96. The number of rotatable bonds is 9. The molecule has 9 heteroatoms. The summed E-state index contributed by atoms with van der Waals surface area (Å²) in [6, 6.07) is 18.1. The van der Waals surface area contributed by atoms with Crippen LogP contribution in [0.2, 0.25) is 0 Å². The molecule has 0 bridgehead atoms. The predicted molar refractivity (Wildman–Crippen MR) is 159 cm³/mol. The van der Waals surface area contributed by atoms with Gasteiger partial charge in [0, 0.05) is 36.0 Å². The number of nitrogens with one attached hydrogen (secondary N) is 3. The van der Waals surface area contributed by atoms with Crippen LogP contribution in [0.25, 0.3) is 16.9 Å². The Morgan fingerprint density at radius 1 is 1.00 bits per heavy atom. The number of carboxylic acids is 1. The van der Waals surface area contributed by atoms with E-state index >= 15 is 0 Å². The summed E-state index contributed by atoms with van der Waals surface area (Å²) in [5.41, 5.74) is 5.12. The summed E-state index contributed by atoms with van der Waals surface area (Å²) in [6.07, 6.45) is 7.37. The highest BCUT2D eigenvalue weighted by Crippen LogP contribution is 2.32. The van der Waals surface area contributed by atoms with Gasteiger partial charge in [0.25, 0.3) is 5.91 Å². The molecule has 1 aliphatic carbocycles. The molecule has 2 aromatic carbocycles. The van der Waals surface area contributed by atoms with Crippen molar-refractivity contribution in [1.29, 1.82) is 0 Å². The number of carboxylic acid groups (broad SMARTS) is 1. The zero-order chi connectivity index (χ0) is 28.9. The Hall–Kier alpha value is -4.66. The minimum atomic E-state index is -0.993. The van der Waals surface area contributed by atoms with E-state index in [1.54, 1.807) is 12.1 Å². The maximum atomic E-state index is 13.3. The molecule has 1 fully saturated rings. The highest BCUT2D eigenvalue weighted by molar-refractivity contribution is 5.96. The lowest BCUT2D eigenvalue weighted by atomic mass is 9.95. The third-order valence-electron chi connectivity index (χ3n) is 7.48. The number of nitrogens with zero attached hydrogens (tertiary/aromatic N) is 2. The molecule has 5 rings (SSSR count). The smallest absolute Gasteiger partial charge is 0.305 e. The molecule has 41 heavy (non-hydrogen) atoms. The number of benzene rings is 2. The van der Waals surface area contributed by atoms with E-state index < -0.39 is 12.0 Å². The molecule has 0 radical (unpaired) electrons. The number of anilines is 2. The Morgan fingerprint density at radius 3 is 2.37 bits per heavy atom. The van der Waals surface area contributed by atoms with Gasteiger partial charge in [0.1, 0.15) is 17.2 Å². The third kappa shape index (κ3) is 6.74. The highest BCUT2D eigenvalue weighted by Gasteiger charge is 2.22. The molecule has 4 N–H and O–H groups in total. The highest BCUT2D eigenvalue weighted by atomic mass is 16.4. The first kappa shape index (κ1) is 27.9. The van der Waals surface area contributed by atoms with Gasteiger partial charge in [-0.25, -0.2) is 4.98 Å². The zero-order valence-corrected chi connectivity index (χ0v) is 23.3. The molecule has 0 aliphatic heterocycles. The van der Waals surface area contributed by atoms with Crippen LogP contribution in [0.4, 0.5) is 11.5 Å². The minimum absolute atomic E-state index is 0.135. The van der Waals surface area contributed by atoms with Gasteiger partial charge in [-0.15, -0.1) is 0 Å². The second-order valence-electron chi connectivity index (χ2n) is 10.7. The van der Waals surface area contributed by atoms with E-state index in [2.05, 4.69) is 16.0 Å². The van der Waals surface area contributed by atoms with Gasteiger partial charge in [-0.1, -0.05) is 61.2 Å². The quantitative estimate of drug-likeness (QED) is 0.203. The third-order valence-corrected chi connectivity index (χ3v) is 7.48. The molecule has 2 aromatic heterocycles. The lowest BCUT2D eigenvalue weighted by molar-refractivity contribution is -0.137. The second-order valence-corrected chi connectivity index (χ2v) is 10.7. The largest absolute Gasteiger partial charge is 0.481 e. The van der Waals surface area contributed by atoms with Gasteiger partial charge in [-0.2, -0.15) is 0 Å². The number of hydrogen-bond donors (Lipinski definition) is 4. The Kier molecular flexibility index (Phi) is 8.33. The van der Waals surface area contributed by atoms with E-state index in [0.717, 1.165) is 41.0 Å². The van der Waals surface area contributed by atoms with Crippen LogP contribution in [0.1, 0.15) is 73.0 Å². The van der Waals surface area contributed by atoms with Crippen molar-refractivity contribution in [1.82, 2.24) is 14.7 Å². The number of pyridine rings is 1. The van der Waals surface area contributed by atoms with E-state index in [4.69, 9.17) is 4.98 Å². The fourth-order valence-electron chi connectivity index (χ4n) is 5.35. The van der Waals surface area contributed by atoms with Crippen LogP contribution in [-0.2, 0) is 9.59 Å². The summed E-state index contributed by atoms with van der Waals surface area (Å²) < 4.78 is 1.96. The molecule has 212 valence electrons. The molecule has 1 unspecified atom stereocenters. The fourth-order valence-corrected chi connectivity index (χ4v) is 5.35. The average molecular weight is 554 g/mol.